The molecule has 2 N–H and O–H groups in total. The van der Waals surface area contributed by atoms with E-state index in [1.165, 1.54) is 6.07 Å². The van der Waals surface area contributed by atoms with Gasteiger partial charge in [-0.25, -0.2) is 0 Å². The first-order valence-electron chi connectivity index (χ1n) is 10.1. The molecule has 0 aliphatic carbocycles. The first-order valence-corrected chi connectivity index (χ1v) is 11.0. The fourth-order valence-electron chi connectivity index (χ4n) is 3.70. The molecule has 1 aliphatic heterocycles. The SMILES string of the molecule is CC(Sc1nnc(-c2c[nH]c3ccccc23)o1)C(=O)N1CC(=O)Nc2cc(C(F)(F)F)ccc21. The van der Waals surface area contributed by atoms with Gasteiger partial charge in [-0.1, -0.05) is 30.0 Å². The fourth-order valence-corrected chi connectivity index (χ4v) is 4.44. The molecule has 2 amide bonds. The number of alkyl halides is 3. The smallest absolute Gasteiger partial charge is 0.411 e. The minimum atomic E-state index is -4.57. The second-order valence-electron chi connectivity index (χ2n) is 7.58. The van der Waals surface area contributed by atoms with Crippen LogP contribution in [0.15, 0.2) is 58.3 Å². The van der Waals surface area contributed by atoms with Crippen LogP contribution in [0.3, 0.4) is 0 Å². The molecule has 2 aromatic heterocycles. The molecule has 0 bridgehead atoms. The molecule has 1 aliphatic rings. The van der Waals surface area contributed by atoms with E-state index in [1.54, 1.807) is 13.1 Å². The summed E-state index contributed by atoms with van der Waals surface area (Å²) >= 11 is 0.999. The van der Waals surface area contributed by atoms with Crippen molar-refractivity contribution in [2.24, 2.45) is 0 Å². The van der Waals surface area contributed by atoms with E-state index in [2.05, 4.69) is 20.5 Å². The van der Waals surface area contributed by atoms with Crippen molar-refractivity contribution >= 4 is 45.9 Å². The van der Waals surface area contributed by atoms with Gasteiger partial charge < -0.3 is 14.7 Å². The second-order valence-corrected chi connectivity index (χ2v) is 8.88. The Labute approximate surface area is 194 Å². The van der Waals surface area contributed by atoms with E-state index >= 15 is 0 Å². The zero-order valence-electron chi connectivity index (χ0n) is 17.5. The summed E-state index contributed by atoms with van der Waals surface area (Å²) in [7, 11) is 0. The number of thioether (sulfide) groups is 1. The van der Waals surface area contributed by atoms with Crippen LogP contribution in [0, 0.1) is 0 Å². The molecule has 12 heteroatoms. The third-order valence-electron chi connectivity index (χ3n) is 5.31. The number of benzene rings is 2. The highest BCUT2D eigenvalue weighted by molar-refractivity contribution is 8.00. The lowest BCUT2D eigenvalue weighted by molar-refractivity contribution is -0.137. The maximum Gasteiger partial charge on any atom is 0.416 e. The van der Waals surface area contributed by atoms with E-state index in [0.717, 1.165) is 45.3 Å². The predicted octanol–water partition coefficient (Wildman–Crippen LogP) is 4.70. The fraction of sp³-hybridized carbons (Fsp3) is 0.182. The maximum absolute atomic E-state index is 13.1. The molecule has 1 atom stereocenters. The zero-order chi connectivity index (χ0) is 24.0. The molecule has 3 heterocycles. The molecule has 0 fully saturated rings. The van der Waals surface area contributed by atoms with Crippen LogP contribution >= 0.6 is 11.8 Å². The summed E-state index contributed by atoms with van der Waals surface area (Å²) in [6, 6.07) is 10.5. The number of aromatic amines is 1. The lowest BCUT2D eigenvalue weighted by atomic mass is 10.1. The average molecular weight is 487 g/mol. The van der Waals surface area contributed by atoms with E-state index < -0.39 is 28.8 Å². The van der Waals surface area contributed by atoms with E-state index in [0.29, 0.717) is 0 Å². The van der Waals surface area contributed by atoms with Crippen molar-refractivity contribution in [2.75, 3.05) is 16.8 Å². The van der Waals surface area contributed by atoms with Gasteiger partial charge in [-0.15, -0.1) is 10.2 Å². The summed E-state index contributed by atoms with van der Waals surface area (Å²) in [4.78, 5) is 29.5. The van der Waals surface area contributed by atoms with Gasteiger partial charge in [0.2, 0.25) is 11.8 Å². The van der Waals surface area contributed by atoms with Gasteiger partial charge in [0.15, 0.2) is 0 Å². The van der Waals surface area contributed by atoms with Gasteiger partial charge in [0.25, 0.3) is 11.1 Å². The van der Waals surface area contributed by atoms with Gasteiger partial charge in [-0.3, -0.25) is 14.5 Å². The summed E-state index contributed by atoms with van der Waals surface area (Å²) < 4.78 is 44.9. The number of carbonyl (C=O) groups is 2. The van der Waals surface area contributed by atoms with E-state index in [4.69, 9.17) is 4.42 Å². The summed E-state index contributed by atoms with van der Waals surface area (Å²) in [5.74, 6) is -0.786. The van der Waals surface area contributed by atoms with Gasteiger partial charge >= 0.3 is 6.18 Å². The molecule has 0 spiro atoms. The number of para-hydroxylation sites is 1. The van der Waals surface area contributed by atoms with Crippen molar-refractivity contribution in [3.05, 3.63) is 54.2 Å². The van der Waals surface area contributed by atoms with Crippen LogP contribution in [0.2, 0.25) is 0 Å². The molecule has 34 heavy (non-hydrogen) atoms. The molecule has 174 valence electrons. The highest BCUT2D eigenvalue weighted by Crippen LogP contribution is 2.38. The van der Waals surface area contributed by atoms with Crippen molar-refractivity contribution in [3.63, 3.8) is 0 Å². The van der Waals surface area contributed by atoms with Crippen LogP contribution in [-0.2, 0) is 15.8 Å². The number of hydrogen-bond donors (Lipinski definition) is 2. The lowest BCUT2D eigenvalue weighted by Gasteiger charge is -2.31. The number of carbonyl (C=O) groups excluding carboxylic acids is 2. The lowest BCUT2D eigenvalue weighted by Crippen LogP contribution is -2.45. The molecule has 2 aromatic carbocycles. The summed E-state index contributed by atoms with van der Waals surface area (Å²) in [5.41, 5.74) is 0.824. The monoisotopic (exact) mass is 487 g/mol. The van der Waals surface area contributed by atoms with Crippen LogP contribution in [0.25, 0.3) is 22.4 Å². The molecule has 4 aromatic rings. The van der Waals surface area contributed by atoms with Crippen LogP contribution in [0.5, 0.6) is 0 Å². The quantitative estimate of drug-likeness (QED) is 0.405. The van der Waals surface area contributed by atoms with E-state index in [-0.39, 0.29) is 29.0 Å². The Hall–Kier alpha value is -3.80. The molecule has 0 saturated carbocycles. The second kappa shape index (κ2) is 8.20. The number of rotatable bonds is 4. The van der Waals surface area contributed by atoms with Gasteiger partial charge in [-0.05, 0) is 31.2 Å². The topological polar surface area (TPSA) is 104 Å². The number of fused-ring (bicyclic) bond motifs is 2. The largest absolute Gasteiger partial charge is 0.416 e. The summed E-state index contributed by atoms with van der Waals surface area (Å²) in [6.45, 7) is 1.28. The van der Waals surface area contributed by atoms with Crippen molar-refractivity contribution in [2.45, 2.75) is 23.6 Å². The normalized spacial score (nSPS) is 14.7. The highest BCUT2D eigenvalue weighted by Gasteiger charge is 2.35. The van der Waals surface area contributed by atoms with Gasteiger partial charge in [0, 0.05) is 17.1 Å². The number of nitrogens with one attached hydrogen (secondary N) is 2. The Morgan fingerprint density at radius 1 is 1.21 bits per heavy atom. The Morgan fingerprint density at radius 3 is 2.79 bits per heavy atom. The maximum atomic E-state index is 13.1. The van der Waals surface area contributed by atoms with Gasteiger partial charge in [0.05, 0.1) is 27.8 Å². The number of hydrogen-bond acceptors (Lipinski definition) is 6. The van der Waals surface area contributed by atoms with Crippen molar-refractivity contribution in [1.29, 1.82) is 0 Å². The Morgan fingerprint density at radius 2 is 2.00 bits per heavy atom. The number of H-pyrrole nitrogens is 1. The Bertz CT molecular complexity index is 1410. The number of aromatic nitrogens is 3. The van der Waals surface area contributed by atoms with E-state index in [1.807, 2.05) is 24.3 Å². The Balaban J connectivity index is 1.36. The van der Waals surface area contributed by atoms with Crippen LogP contribution in [0.4, 0.5) is 24.5 Å². The van der Waals surface area contributed by atoms with E-state index in [9.17, 15) is 22.8 Å². The minimum absolute atomic E-state index is 0.0731. The zero-order valence-corrected chi connectivity index (χ0v) is 18.3. The average Bonchev–Trinajstić information content (AvgIpc) is 3.43. The van der Waals surface area contributed by atoms with Crippen molar-refractivity contribution in [3.8, 4) is 11.5 Å². The highest BCUT2D eigenvalue weighted by atomic mass is 32.2. The number of anilines is 2. The third-order valence-corrected chi connectivity index (χ3v) is 6.23. The van der Waals surface area contributed by atoms with Gasteiger partial charge in [-0.2, -0.15) is 13.2 Å². The first-order chi connectivity index (χ1) is 16.2. The first kappa shape index (κ1) is 22.0. The molecular weight excluding hydrogens is 471 g/mol. The standard InChI is InChI=1S/C22H16F3N5O3S/c1-11(34-21-29-28-19(33-21)14-9-26-15-5-3-2-4-13(14)15)20(32)30-10-18(31)27-16-8-12(22(23,24)25)6-7-17(16)30/h2-9,11,26H,10H2,1H3,(H,27,31). The number of halogens is 3. The number of amides is 2. The van der Waals surface area contributed by atoms with Gasteiger partial charge in [0.1, 0.15) is 6.54 Å². The molecule has 0 radical (unpaired) electrons. The molecule has 0 saturated heterocycles. The predicted molar refractivity (Wildman–Crippen MR) is 119 cm³/mol. The number of nitrogens with zero attached hydrogens (tertiary/aromatic N) is 3. The molecule has 8 nitrogen and oxygen atoms in total. The molecule has 1 unspecified atom stereocenters. The Kier molecular flexibility index (Phi) is 5.31. The van der Waals surface area contributed by atoms with Crippen LogP contribution < -0.4 is 10.2 Å². The van der Waals surface area contributed by atoms with Crippen LogP contribution in [-0.4, -0.2) is 38.8 Å². The van der Waals surface area contributed by atoms with Crippen LogP contribution in [0.1, 0.15) is 12.5 Å². The van der Waals surface area contributed by atoms with Crippen molar-refractivity contribution in [1.82, 2.24) is 15.2 Å². The molecular formula is C22H16F3N5O3S. The minimum Gasteiger partial charge on any atom is -0.411 e. The summed E-state index contributed by atoms with van der Waals surface area (Å²) in [5, 5.41) is 10.8. The molecule has 5 rings (SSSR count). The van der Waals surface area contributed by atoms with Crippen molar-refractivity contribution < 1.29 is 27.2 Å². The summed E-state index contributed by atoms with van der Waals surface area (Å²) in [6.07, 6.45) is -2.82. The third kappa shape index (κ3) is 4.00.